The molecule has 0 aliphatic rings. The molecule has 0 aliphatic carbocycles. The quantitative estimate of drug-likeness (QED) is 0.312. The number of hydrogen-bond donors (Lipinski definition) is 0. The van der Waals surface area contributed by atoms with Gasteiger partial charge in [-0.3, -0.25) is 9.80 Å². The van der Waals surface area contributed by atoms with E-state index in [4.69, 9.17) is 0 Å². The van der Waals surface area contributed by atoms with E-state index in [-0.39, 0.29) is 101 Å². The van der Waals surface area contributed by atoms with Crippen LogP contribution in [0.3, 0.4) is 0 Å². The van der Waals surface area contributed by atoms with Gasteiger partial charge >= 0.3 is 82.2 Å². The molecule has 0 heterocycles. The third kappa shape index (κ3) is 22.5. The molecular formula is C10H14MgN2Na2O9. The summed E-state index contributed by atoms with van der Waals surface area (Å²) in [5.74, 6) is -6.12. The van der Waals surface area contributed by atoms with Gasteiger partial charge in [0.2, 0.25) is 0 Å². The molecule has 24 heavy (non-hydrogen) atoms. The van der Waals surface area contributed by atoms with Crippen LogP contribution in [0, 0.1) is 0 Å². The maximum atomic E-state index is 10.4. The summed E-state index contributed by atoms with van der Waals surface area (Å²) in [5.41, 5.74) is 0. The second-order valence-electron chi connectivity index (χ2n) is 3.91. The largest absolute Gasteiger partial charge is 2.00 e. The minimum Gasteiger partial charge on any atom is -0.549 e. The summed E-state index contributed by atoms with van der Waals surface area (Å²) in [6, 6.07) is 0. The second kappa shape index (κ2) is 19.8. The number of aliphatic carboxylic acids is 4. The molecule has 0 fully saturated rings. The SMILES string of the molecule is O.O=C([O-])CN(CCN(CC(=O)[O-])CC(=O)[O-])CC(=O)[O-].[Mg+2].[Na+].[Na+]. The van der Waals surface area contributed by atoms with E-state index < -0.39 is 50.1 Å². The van der Waals surface area contributed by atoms with Gasteiger partial charge in [-0.25, -0.2) is 0 Å². The molecule has 0 aromatic rings. The average molecular weight is 377 g/mol. The molecule has 0 unspecified atom stereocenters. The number of carbonyl (C=O) groups is 4. The van der Waals surface area contributed by atoms with Crippen LogP contribution in [0.5, 0.6) is 0 Å². The Morgan fingerprint density at radius 2 is 0.750 bits per heavy atom. The maximum absolute atomic E-state index is 10.4. The first kappa shape index (κ1) is 35.6. The molecule has 0 atom stereocenters. The van der Waals surface area contributed by atoms with Crippen molar-refractivity contribution < 1.29 is 104 Å². The zero-order valence-corrected chi connectivity index (χ0v) is 19.0. The van der Waals surface area contributed by atoms with Crippen molar-refractivity contribution in [2.75, 3.05) is 39.3 Å². The Hall–Kier alpha value is 0.526. The second-order valence-corrected chi connectivity index (χ2v) is 3.91. The van der Waals surface area contributed by atoms with Crippen molar-refractivity contribution in [3.05, 3.63) is 0 Å². The van der Waals surface area contributed by atoms with Gasteiger partial charge in [-0.05, 0) is 0 Å². The summed E-state index contributed by atoms with van der Waals surface area (Å²) >= 11 is 0. The summed E-state index contributed by atoms with van der Waals surface area (Å²) in [6.07, 6.45) is 0. The normalized spacial score (nSPS) is 8.92. The summed E-state index contributed by atoms with van der Waals surface area (Å²) in [4.78, 5) is 43.4. The van der Waals surface area contributed by atoms with Crippen molar-refractivity contribution >= 4 is 46.9 Å². The Morgan fingerprint density at radius 1 is 0.583 bits per heavy atom. The topological polar surface area (TPSA) is 198 Å². The van der Waals surface area contributed by atoms with E-state index in [0.717, 1.165) is 9.80 Å². The first-order valence-electron chi connectivity index (χ1n) is 5.44. The molecule has 11 nitrogen and oxygen atoms in total. The number of hydrogen-bond acceptors (Lipinski definition) is 10. The summed E-state index contributed by atoms with van der Waals surface area (Å²) < 4.78 is 0. The Labute approximate surface area is 198 Å². The van der Waals surface area contributed by atoms with Crippen LogP contribution in [0.2, 0.25) is 0 Å². The Bertz CT molecular complexity index is 333. The molecular weight excluding hydrogens is 362 g/mol. The summed E-state index contributed by atoms with van der Waals surface area (Å²) in [5, 5.41) is 41.6. The van der Waals surface area contributed by atoms with Gasteiger partial charge in [0.1, 0.15) is 0 Å². The van der Waals surface area contributed by atoms with E-state index in [1.165, 1.54) is 0 Å². The van der Waals surface area contributed by atoms with Gasteiger partial charge in [0, 0.05) is 39.3 Å². The molecule has 0 saturated carbocycles. The van der Waals surface area contributed by atoms with Gasteiger partial charge in [-0.2, -0.15) is 0 Å². The smallest absolute Gasteiger partial charge is 0.549 e. The van der Waals surface area contributed by atoms with Crippen molar-refractivity contribution in [2.45, 2.75) is 0 Å². The standard InChI is InChI=1S/C10H16N2O8.Mg.2Na.H2O/c13-7(14)3-11(4-8(15)16)1-2-12(5-9(17)18)6-10(19)20;;;;/h1-6H2,(H,13,14)(H,15,16)(H,17,18)(H,19,20);;;;1H2/q;+2;2*+1;/p-4. The van der Waals surface area contributed by atoms with Crippen LogP contribution in [0.1, 0.15) is 0 Å². The number of nitrogens with zero attached hydrogens (tertiary/aromatic N) is 2. The predicted molar refractivity (Wildman–Crippen MR) is 62.3 cm³/mol. The van der Waals surface area contributed by atoms with Crippen LogP contribution in [0.15, 0.2) is 0 Å². The fraction of sp³-hybridized carbons (Fsp3) is 0.600. The Kier molecular flexibility index (Phi) is 29.4. The molecule has 0 amide bonds. The van der Waals surface area contributed by atoms with Crippen LogP contribution in [0.4, 0.5) is 0 Å². The molecule has 0 saturated heterocycles. The van der Waals surface area contributed by atoms with Gasteiger partial charge in [0.25, 0.3) is 0 Å². The molecule has 2 N–H and O–H groups in total. The molecule has 0 spiro atoms. The Morgan fingerprint density at radius 3 is 0.875 bits per heavy atom. The minimum absolute atomic E-state index is 0. The molecule has 122 valence electrons. The average Bonchev–Trinajstić information content (AvgIpc) is 2.22. The van der Waals surface area contributed by atoms with E-state index in [9.17, 15) is 39.6 Å². The van der Waals surface area contributed by atoms with E-state index in [1.807, 2.05) is 0 Å². The number of rotatable bonds is 11. The van der Waals surface area contributed by atoms with Crippen molar-refractivity contribution in [3.8, 4) is 0 Å². The van der Waals surface area contributed by atoms with Gasteiger partial charge in [-0.1, -0.05) is 0 Å². The van der Waals surface area contributed by atoms with E-state index in [1.54, 1.807) is 0 Å². The minimum atomic E-state index is -1.53. The molecule has 0 radical (unpaired) electrons. The fourth-order valence-electron chi connectivity index (χ4n) is 1.44. The first-order chi connectivity index (χ1) is 9.20. The molecule has 0 aromatic heterocycles. The number of carbonyl (C=O) groups excluding carboxylic acids is 4. The van der Waals surface area contributed by atoms with Crippen molar-refractivity contribution in [2.24, 2.45) is 0 Å². The van der Waals surface area contributed by atoms with Crippen LogP contribution >= 0.6 is 0 Å². The van der Waals surface area contributed by atoms with Gasteiger partial charge in [-0.15, -0.1) is 0 Å². The van der Waals surface area contributed by atoms with Crippen LogP contribution < -0.4 is 79.5 Å². The zero-order chi connectivity index (χ0) is 15.7. The van der Waals surface area contributed by atoms with Gasteiger partial charge in [0.15, 0.2) is 0 Å². The number of carboxylic acids is 4. The van der Waals surface area contributed by atoms with Crippen LogP contribution in [-0.2, 0) is 19.2 Å². The predicted octanol–water partition coefficient (Wildman–Crippen LogP) is -14.6. The van der Waals surface area contributed by atoms with Crippen LogP contribution in [0.25, 0.3) is 0 Å². The van der Waals surface area contributed by atoms with Gasteiger partial charge in [0.05, 0.1) is 23.9 Å². The first-order valence-corrected chi connectivity index (χ1v) is 5.44. The fourth-order valence-corrected chi connectivity index (χ4v) is 1.44. The summed E-state index contributed by atoms with van der Waals surface area (Å²) in [7, 11) is 0. The van der Waals surface area contributed by atoms with Crippen molar-refractivity contribution in [1.82, 2.24) is 9.80 Å². The Balaban J connectivity index is -0.000000301. The monoisotopic (exact) mass is 376 g/mol. The van der Waals surface area contributed by atoms with E-state index in [2.05, 4.69) is 0 Å². The maximum Gasteiger partial charge on any atom is 2.00 e. The van der Waals surface area contributed by atoms with E-state index >= 15 is 0 Å². The van der Waals surface area contributed by atoms with Crippen molar-refractivity contribution in [1.29, 1.82) is 0 Å². The molecule has 0 aromatic carbocycles. The molecule has 0 aliphatic heterocycles. The molecule has 0 bridgehead atoms. The zero-order valence-electron chi connectivity index (χ0n) is 13.6. The number of carboxylic acid groups (broad SMARTS) is 4. The summed E-state index contributed by atoms with van der Waals surface area (Å²) in [6.45, 7) is -3.25. The molecule has 14 heteroatoms. The molecule has 0 rings (SSSR count). The van der Waals surface area contributed by atoms with Crippen LogP contribution in [-0.4, -0.2) is 101 Å². The van der Waals surface area contributed by atoms with Crippen molar-refractivity contribution in [3.63, 3.8) is 0 Å². The third-order valence-corrected chi connectivity index (χ3v) is 2.14. The van der Waals surface area contributed by atoms with E-state index in [0.29, 0.717) is 0 Å². The van der Waals surface area contributed by atoms with Gasteiger partial charge < -0.3 is 45.1 Å². The third-order valence-electron chi connectivity index (χ3n) is 2.14.